The van der Waals surface area contributed by atoms with E-state index in [4.69, 9.17) is 14.2 Å². The summed E-state index contributed by atoms with van der Waals surface area (Å²) in [6.07, 6.45) is 11.4. The van der Waals surface area contributed by atoms with Crippen LogP contribution >= 0.6 is 0 Å². The van der Waals surface area contributed by atoms with Gasteiger partial charge >= 0.3 is 0 Å². The van der Waals surface area contributed by atoms with Crippen LogP contribution in [0.5, 0.6) is 0 Å². The van der Waals surface area contributed by atoms with E-state index in [1.54, 1.807) is 12.4 Å². The lowest BCUT2D eigenvalue weighted by molar-refractivity contribution is -0.113. The molecule has 3 heterocycles. The molecular weight excluding hydrogens is 398 g/mol. The lowest BCUT2D eigenvalue weighted by Crippen LogP contribution is -2.28. The predicted octanol–water partition coefficient (Wildman–Crippen LogP) is 2.90. The first kappa shape index (κ1) is 23.1. The molecule has 1 fully saturated rings. The van der Waals surface area contributed by atoms with Crippen LogP contribution in [0.4, 0.5) is 5.82 Å². The van der Waals surface area contributed by atoms with Crippen LogP contribution in [0.15, 0.2) is 36.2 Å². The molecule has 1 saturated heterocycles. The largest absolute Gasteiger partial charge is 0.394 e. The SMILES string of the molecule is C=CCOCO[C@@H]1CC(n2cc(/C=C/CC)c3c(N=CN(C)C)ncnc32)OC1CO. The summed E-state index contributed by atoms with van der Waals surface area (Å²) in [6, 6.07) is 0. The van der Waals surface area contributed by atoms with Crippen LogP contribution in [0.2, 0.25) is 0 Å². The third-order valence-corrected chi connectivity index (χ3v) is 4.83. The predicted molar refractivity (Wildman–Crippen MR) is 120 cm³/mol. The molecule has 2 unspecified atom stereocenters. The highest BCUT2D eigenvalue weighted by molar-refractivity contribution is 5.95. The van der Waals surface area contributed by atoms with Gasteiger partial charge in [0.1, 0.15) is 31.1 Å². The van der Waals surface area contributed by atoms with Gasteiger partial charge in [0, 0.05) is 32.3 Å². The Morgan fingerprint density at radius 1 is 1.42 bits per heavy atom. The molecule has 168 valence electrons. The second-order valence-electron chi connectivity index (χ2n) is 7.44. The maximum Gasteiger partial charge on any atom is 0.166 e. The third kappa shape index (κ3) is 5.56. The molecule has 2 aromatic heterocycles. The summed E-state index contributed by atoms with van der Waals surface area (Å²) in [7, 11) is 3.82. The van der Waals surface area contributed by atoms with Gasteiger partial charge in [-0.2, -0.15) is 0 Å². The van der Waals surface area contributed by atoms with Crippen molar-refractivity contribution in [3.05, 3.63) is 36.8 Å². The maximum absolute atomic E-state index is 9.77. The van der Waals surface area contributed by atoms with Gasteiger partial charge in [-0.25, -0.2) is 15.0 Å². The fourth-order valence-corrected chi connectivity index (χ4v) is 3.43. The molecule has 3 rings (SSSR count). The minimum absolute atomic E-state index is 0.117. The Bertz CT molecular complexity index is 924. The van der Waals surface area contributed by atoms with Crippen molar-refractivity contribution in [3.8, 4) is 0 Å². The van der Waals surface area contributed by atoms with Crippen LogP contribution in [-0.4, -0.2) is 77.2 Å². The first-order valence-electron chi connectivity index (χ1n) is 10.4. The first-order chi connectivity index (χ1) is 15.1. The minimum atomic E-state index is -0.447. The van der Waals surface area contributed by atoms with Crippen molar-refractivity contribution in [1.82, 2.24) is 19.4 Å². The molecule has 0 bridgehead atoms. The summed E-state index contributed by atoms with van der Waals surface area (Å²) in [4.78, 5) is 15.3. The van der Waals surface area contributed by atoms with Crippen LogP contribution in [0.1, 0.15) is 31.6 Å². The number of nitrogens with zero attached hydrogens (tertiary/aromatic N) is 5. The lowest BCUT2D eigenvalue weighted by atomic mass is 10.2. The summed E-state index contributed by atoms with van der Waals surface area (Å²) in [5.74, 6) is 0.593. The van der Waals surface area contributed by atoms with Crippen LogP contribution in [0.3, 0.4) is 0 Å². The molecule has 0 aliphatic carbocycles. The van der Waals surface area contributed by atoms with Gasteiger partial charge in [-0.05, 0) is 6.42 Å². The monoisotopic (exact) mass is 429 g/mol. The van der Waals surface area contributed by atoms with Crippen LogP contribution in [0, 0.1) is 0 Å². The standard InChI is InChI=1S/C22H31N5O4/c1-5-7-8-16-11-27(22-20(16)21(23-13-24-22)25-14-26(3)4)19-10-17(18(12-28)31-19)30-15-29-9-6-2/h6-8,11,13-14,17-19,28H,2,5,9-10,12,15H2,1,3-4H3/b8-7+,25-14?/t17-,18?,19?/m1/s1. The van der Waals surface area contributed by atoms with E-state index in [9.17, 15) is 5.11 Å². The Balaban J connectivity index is 1.93. The molecular formula is C22H31N5O4. The quantitative estimate of drug-likeness (QED) is 0.193. The third-order valence-electron chi connectivity index (χ3n) is 4.83. The Morgan fingerprint density at radius 3 is 2.97 bits per heavy atom. The molecule has 1 N–H and O–H groups in total. The van der Waals surface area contributed by atoms with Crippen molar-refractivity contribution >= 4 is 29.3 Å². The molecule has 1 aliphatic heterocycles. The number of aliphatic hydroxyl groups excluding tert-OH is 1. The van der Waals surface area contributed by atoms with E-state index in [0.717, 1.165) is 23.0 Å². The number of aliphatic hydroxyl groups is 1. The molecule has 0 saturated carbocycles. The van der Waals surface area contributed by atoms with E-state index in [-0.39, 0.29) is 25.7 Å². The van der Waals surface area contributed by atoms with Gasteiger partial charge in [-0.1, -0.05) is 25.2 Å². The molecule has 3 atom stereocenters. The summed E-state index contributed by atoms with van der Waals surface area (Å²) >= 11 is 0. The average molecular weight is 430 g/mol. The fourth-order valence-electron chi connectivity index (χ4n) is 3.43. The summed E-state index contributed by atoms with van der Waals surface area (Å²) in [6.45, 7) is 6.08. The fraction of sp³-hybridized carbons (Fsp3) is 0.500. The zero-order valence-electron chi connectivity index (χ0n) is 18.3. The number of allylic oxidation sites excluding steroid dienone is 1. The number of hydrogen-bond donors (Lipinski definition) is 1. The van der Waals surface area contributed by atoms with Crippen molar-refractivity contribution < 1.29 is 19.3 Å². The smallest absolute Gasteiger partial charge is 0.166 e. The number of hydrogen-bond acceptors (Lipinski definition) is 7. The zero-order chi connectivity index (χ0) is 22.2. The minimum Gasteiger partial charge on any atom is -0.394 e. The molecule has 31 heavy (non-hydrogen) atoms. The topological polar surface area (TPSA) is 94.2 Å². The molecule has 2 aromatic rings. The summed E-state index contributed by atoms with van der Waals surface area (Å²) in [5, 5.41) is 10.6. The maximum atomic E-state index is 9.77. The van der Waals surface area contributed by atoms with Crippen molar-refractivity contribution in [1.29, 1.82) is 0 Å². The van der Waals surface area contributed by atoms with Gasteiger partial charge in [-0.3, -0.25) is 0 Å². The summed E-state index contributed by atoms with van der Waals surface area (Å²) in [5.41, 5.74) is 1.69. The number of fused-ring (bicyclic) bond motifs is 1. The van der Waals surface area contributed by atoms with Gasteiger partial charge in [0.2, 0.25) is 0 Å². The van der Waals surface area contributed by atoms with Crippen LogP contribution in [-0.2, 0) is 14.2 Å². The second kappa shape index (κ2) is 11.1. The van der Waals surface area contributed by atoms with E-state index in [0.29, 0.717) is 18.8 Å². The van der Waals surface area contributed by atoms with E-state index < -0.39 is 6.10 Å². The van der Waals surface area contributed by atoms with Gasteiger partial charge in [0.05, 0.1) is 31.0 Å². The molecule has 0 radical (unpaired) electrons. The Kier molecular flexibility index (Phi) is 8.30. The number of aliphatic imine (C=N–C) groups is 1. The molecule has 9 nitrogen and oxygen atoms in total. The van der Waals surface area contributed by atoms with Crippen LogP contribution < -0.4 is 0 Å². The van der Waals surface area contributed by atoms with Gasteiger partial charge in [-0.15, -0.1) is 6.58 Å². The van der Waals surface area contributed by atoms with E-state index >= 15 is 0 Å². The molecule has 9 heteroatoms. The van der Waals surface area contributed by atoms with Crippen molar-refractivity contribution in [2.45, 2.75) is 38.2 Å². The van der Waals surface area contributed by atoms with Crippen LogP contribution in [0.25, 0.3) is 17.1 Å². The highest BCUT2D eigenvalue weighted by atomic mass is 16.7. The normalized spacial score (nSPS) is 21.6. The Hall–Kier alpha value is -2.59. The molecule has 0 spiro atoms. The zero-order valence-corrected chi connectivity index (χ0v) is 18.3. The Morgan fingerprint density at radius 2 is 2.26 bits per heavy atom. The number of ether oxygens (including phenoxy) is 3. The van der Waals surface area contributed by atoms with Gasteiger partial charge in [0.15, 0.2) is 5.82 Å². The lowest BCUT2D eigenvalue weighted by Gasteiger charge is -2.16. The van der Waals surface area contributed by atoms with Gasteiger partial charge in [0.25, 0.3) is 0 Å². The van der Waals surface area contributed by atoms with Crippen molar-refractivity contribution in [2.75, 3.05) is 34.1 Å². The van der Waals surface area contributed by atoms with E-state index in [1.807, 2.05) is 35.8 Å². The molecule has 0 amide bonds. The average Bonchev–Trinajstić information content (AvgIpc) is 3.35. The molecule has 0 aromatic carbocycles. The van der Waals surface area contributed by atoms with Crippen molar-refractivity contribution in [2.24, 2.45) is 4.99 Å². The van der Waals surface area contributed by atoms with Crippen molar-refractivity contribution in [3.63, 3.8) is 0 Å². The number of rotatable bonds is 11. The second-order valence-corrected chi connectivity index (χ2v) is 7.44. The van der Waals surface area contributed by atoms with E-state index in [1.165, 1.54) is 6.33 Å². The summed E-state index contributed by atoms with van der Waals surface area (Å²) < 4.78 is 19.2. The Labute approximate surface area is 182 Å². The van der Waals surface area contributed by atoms with Gasteiger partial charge < -0.3 is 28.8 Å². The number of aromatic nitrogens is 3. The molecule has 1 aliphatic rings. The highest BCUT2D eigenvalue weighted by Crippen LogP contribution is 2.36. The van der Waals surface area contributed by atoms with E-state index in [2.05, 4.69) is 34.5 Å². The first-order valence-corrected chi connectivity index (χ1v) is 10.4. The highest BCUT2D eigenvalue weighted by Gasteiger charge is 2.37.